The SMILES string of the molecule is CCCC[S+](CCCC)C12CC3CC(CC(C3)C1)C2. The molecule has 0 nitrogen and oxygen atoms in total. The highest BCUT2D eigenvalue weighted by Crippen LogP contribution is 2.59. The number of unbranched alkanes of at least 4 members (excludes halogenated alkanes) is 2. The lowest BCUT2D eigenvalue weighted by atomic mass is 9.56. The lowest BCUT2D eigenvalue weighted by Crippen LogP contribution is -2.56. The molecule has 4 rings (SSSR count). The maximum Gasteiger partial charge on any atom is 0.129 e. The van der Waals surface area contributed by atoms with Crippen LogP contribution in [0.2, 0.25) is 0 Å². The topological polar surface area (TPSA) is 0 Å². The van der Waals surface area contributed by atoms with Crippen molar-refractivity contribution in [1.82, 2.24) is 0 Å². The zero-order chi connectivity index (χ0) is 13.3. The molecule has 0 unspecified atom stereocenters. The van der Waals surface area contributed by atoms with Crippen LogP contribution in [0.4, 0.5) is 0 Å². The zero-order valence-corrected chi connectivity index (χ0v) is 13.9. The molecule has 0 amide bonds. The fourth-order valence-electron chi connectivity index (χ4n) is 5.56. The van der Waals surface area contributed by atoms with E-state index in [0.717, 1.165) is 33.4 Å². The average Bonchev–Trinajstić information content (AvgIpc) is 2.37. The Morgan fingerprint density at radius 1 is 0.789 bits per heavy atom. The molecule has 4 aliphatic carbocycles. The van der Waals surface area contributed by atoms with Gasteiger partial charge in [-0.2, -0.15) is 0 Å². The number of rotatable bonds is 7. The van der Waals surface area contributed by atoms with E-state index in [0.29, 0.717) is 0 Å². The van der Waals surface area contributed by atoms with Crippen molar-refractivity contribution in [3.05, 3.63) is 0 Å². The van der Waals surface area contributed by atoms with Crippen molar-refractivity contribution >= 4 is 10.9 Å². The molecule has 4 aliphatic rings. The van der Waals surface area contributed by atoms with Gasteiger partial charge in [0.25, 0.3) is 0 Å². The zero-order valence-electron chi connectivity index (χ0n) is 13.1. The van der Waals surface area contributed by atoms with Crippen LogP contribution in [0.3, 0.4) is 0 Å². The Hall–Kier alpha value is 0.350. The minimum atomic E-state index is 0.771. The summed E-state index contributed by atoms with van der Waals surface area (Å²) in [5.74, 6) is 6.57. The van der Waals surface area contributed by atoms with Gasteiger partial charge < -0.3 is 0 Å². The Morgan fingerprint density at radius 2 is 1.21 bits per heavy atom. The smallest absolute Gasteiger partial charge is 0.0652 e. The van der Waals surface area contributed by atoms with Crippen LogP contribution in [0.1, 0.15) is 78.1 Å². The van der Waals surface area contributed by atoms with Crippen molar-refractivity contribution in [2.24, 2.45) is 17.8 Å². The summed E-state index contributed by atoms with van der Waals surface area (Å²) in [6, 6.07) is 0. The lowest BCUT2D eigenvalue weighted by Gasteiger charge is -2.55. The highest BCUT2D eigenvalue weighted by molar-refractivity contribution is 7.98. The van der Waals surface area contributed by atoms with E-state index in [1.54, 1.807) is 50.0 Å². The predicted octanol–water partition coefficient (Wildman–Crippen LogP) is 5.17. The van der Waals surface area contributed by atoms with Gasteiger partial charge >= 0.3 is 0 Å². The first-order chi connectivity index (χ1) is 9.25. The first-order valence-corrected chi connectivity index (χ1v) is 10.5. The van der Waals surface area contributed by atoms with E-state index < -0.39 is 0 Å². The molecule has 0 aromatic carbocycles. The number of hydrogen-bond acceptors (Lipinski definition) is 0. The van der Waals surface area contributed by atoms with Gasteiger partial charge in [-0.15, -0.1) is 0 Å². The van der Waals surface area contributed by atoms with E-state index in [2.05, 4.69) is 13.8 Å². The minimum Gasteiger partial charge on any atom is -0.0652 e. The Balaban J connectivity index is 1.72. The van der Waals surface area contributed by atoms with Crippen LogP contribution < -0.4 is 0 Å². The third-order valence-corrected chi connectivity index (χ3v) is 9.37. The molecule has 110 valence electrons. The molecule has 0 aromatic heterocycles. The van der Waals surface area contributed by atoms with Gasteiger partial charge in [0.2, 0.25) is 0 Å². The Kier molecular flexibility index (Phi) is 4.51. The Bertz CT molecular complexity index is 253. The molecule has 19 heavy (non-hydrogen) atoms. The fourth-order valence-corrected chi connectivity index (χ4v) is 9.32. The second-order valence-corrected chi connectivity index (χ2v) is 10.4. The van der Waals surface area contributed by atoms with Crippen molar-refractivity contribution < 1.29 is 0 Å². The monoisotopic (exact) mass is 281 g/mol. The average molecular weight is 282 g/mol. The van der Waals surface area contributed by atoms with Crippen LogP contribution in [0.25, 0.3) is 0 Å². The van der Waals surface area contributed by atoms with Crippen LogP contribution >= 0.6 is 0 Å². The molecule has 0 radical (unpaired) electrons. The van der Waals surface area contributed by atoms with Gasteiger partial charge in [-0.1, -0.05) is 26.7 Å². The largest absolute Gasteiger partial charge is 0.129 e. The molecule has 4 bridgehead atoms. The molecule has 1 heteroatoms. The van der Waals surface area contributed by atoms with Crippen molar-refractivity contribution in [1.29, 1.82) is 0 Å². The quantitative estimate of drug-likeness (QED) is 0.564. The molecule has 0 heterocycles. The van der Waals surface area contributed by atoms with E-state index in [1.807, 2.05) is 0 Å². The predicted molar refractivity (Wildman–Crippen MR) is 87.8 cm³/mol. The summed E-state index contributed by atoms with van der Waals surface area (Å²) < 4.78 is 0.846. The first-order valence-electron chi connectivity index (χ1n) is 8.93. The van der Waals surface area contributed by atoms with Crippen molar-refractivity contribution in [2.75, 3.05) is 11.5 Å². The lowest BCUT2D eigenvalue weighted by molar-refractivity contribution is 0.0367. The van der Waals surface area contributed by atoms with E-state index >= 15 is 0 Å². The van der Waals surface area contributed by atoms with Gasteiger partial charge in [-0.3, -0.25) is 0 Å². The first kappa shape index (κ1) is 14.3. The molecular formula is C18H33S+. The second-order valence-electron chi connectivity index (χ2n) is 7.71. The van der Waals surface area contributed by atoms with Gasteiger partial charge in [0.1, 0.15) is 16.3 Å². The van der Waals surface area contributed by atoms with E-state index in [4.69, 9.17) is 0 Å². The normalized spacial score (nSPS) is 40.3. The fraction of sp³-hybridized carbons (Fsp3) is 1.00. The maximum absolute atomic E-state index is 2.38. The van der Waals surface area contributed by atoms with Crippen LogP contribution in [0, 0.1) is 17.8 Å². The summed E-state index contributed by atoms with van der Waals surface area (Å²) in [5.41, 5.74) is 0. The van der Waals surface area contributed by atoms with Crippen molar-refractivity contribution in [2.45, 2.75) is 82.8 Å². The molecule has 0 atom stereocenters. The molecule has 0 N–H and O–H groups in total. The number of hydrogen-bond donors (Lipinski definition) is 0. The van der Waals surface area contributed by atoms with Crippen molar-refractivity contribution in [3.8, 4) is 0 Å². The van der Waals surface area contributed by atoms with Crippen molar-refractivity contribution in [3.63, 3.8) is 0 Å². The third-order valence-electron chi connectivity index (χ3n) is 6.08. The highest BCUT2D eigenvalue weighted by Gasteiger charge is 2.59. The van der Waals surface area contributed by atoms with Crippen LogP contribution in [-0.4, -0.2) is 16.3 Å². The molecule has 4 fully saturated rings. The summed E-state index contributed by atoms with van der Waals surface area (Å²) in [7, 11) is 0.771. The van der Waals surface area contributed by atoms with Crippen LogP contribution in [0.15, 0.2) is 0 Å². The van der Waals surface area contributed by atoms with E-state index in [1.165, 1.54) is 25.7 Å². The van der Waals surface area contributed by atoms with Gasteiger partial charge in [-0.25, -0.2) is 0 Å². The van der Waals surface area contributed by atoms with Gasteiger partial charge in [0.05, 0.1) is 0 Å². The van der Waals surface area contributed by atoms with E-state index in [9.17, 15) is 0 Å². The summed E-state index contributed by atoms with van der Waals surface area (Å²) >= 11 is 0. The van der Waals surface area contributed by atoms with Gasteiger partial charge in [-0.05, 0) is 60.8 Å². The summed E-state index contributed by atoms with van der Waals surface area (Å²) in [6.07, 6.45) is 15.5. The Labute approximate surface area is 123 Å². The highest BCUT2D eigenvalue weighted by atomic mass is 32.2. The molecular weight excluding hydrogens is 248 g/mol. The molecule has 0 spiro atoms. The summed E-state index contributed by atoms with van der Waals surface area (Å²) in [5, 5.41) is 0. The summed E-state index contributed by atoms with van der Waals surface area (Å²) in [4.78, 5) is 0. The van der Waals surface area contributed by atoms with Gasteiger partial charge in [0, 0.05) is 19.3 Å². The minimum absolute atomic E-state index is 0.771. The maximum atomic E-state index is 2.38. The van der Waals surface area contributed by atoms with Gasteiger partial charge in [0.15, 0.2) is 0 Å². The summed E-state index contributed by atoms with van der Waals surface area (Å²) in [6.45, 7) is 4.75. The molecule has 0 saturated heterocycles. The molecule has 0 aromatic rings. The van der Waals surface area contributed by atoms with Crippen LogP contribution in [0.5, 0.6) is 0 Å². The van der Waals surface area contributed by atoms with E-state index in [-0.39, 0.29) is 0 Å². The third kappa shape index (κ3) is 2.87. The molecule has 0 aliphatic heterocycles. The van der Waals surface area contributed by atoms with Crippen LogP contribution in [-0.2, 0) is 10.9 Å². The standard InChI is InChI=1S/C18H33S/c1-3-5-7-19(8-6-4-2)18-12-15-9-16(13-18)11-17(10-15)14-18/h15-17H,3-14H2,1-2H3/q+1. The molecule has 4 saturated carbocycles. The Morgan fingerprint density at radius 3 is 1.58 bits per heavy atom. The second kappa shape index (κ2) is 6.00.